The van der Waals surface area contributed by atoms with Crippen LogP contribution in [0.25, 0.3) is 0 Å². The Hall–Kier alpha value is -2.68. The van der Waals surface area contributed by atoms with Crippen LogP contribution >= 0.6 is 0 Å². The smallest absolute Gasteiger partial charge is 0.233 e. The van der Waals surface area contributed by atoms with Crippen LogP contribution in [0.2, 0.25) is 0 Å². The van der Waals surface area contributed by atoms with Crippen LogP contribution in [0.3, 0.4) is 0 Å². The summed E-state index contributed by atoms with van der Waals surface area (Å²) in [5.74, 6) is 2.72. The molecule has 1 saturated heterocycles. The average molecular weight is 335 g/mol. The van der Waals surface area contributed by atoms with Crippen molar-refractivity contribution < 1.29 is 4.74 Å². The second-order valence-electron chi connectivity index (χ2n) is 6.83. The summed E-state index contributed by atoms with van der Waals surface area (Å²) in [6.07, 6.45) is 6.24. The number of anilines is 1. The summed E-state index contributed by atoms with van der Waals surface area (Å²) in [6, 6.07) is 9.83. The summed E-state index contributed by atoms with van der Waals surface area (Å²) in [6.45, 7) is 2.60. The van der Waals surface area contributed by atoms with Crippen molar-refractivity contribution in [1.82, 2.24) is 15.2 Å². The van der Waals surface area contributed by atoms with Crippen molar-refractivity contribution in [2.45, 2.75) is 31.6 Å². The Labute approximate surface area is 147 Å². The van der Waals surface area contributed by atoms with E-state index in [0.29, 0.717) is 29.9 Å². The zero-order valence-electron chi connectivity index (χ0n) is 14.1. The third-order valence-corrected chi connectivity index (χ3v) is 4.94. The second kappa shape index (κ2) is 7.06. The molecule has 6 heteroatoms. The fourth-order valence-electron chi connectivity index (χ4n) is 3.18. The van der Waals surface area contributed by atoms with Gasteiger partial charge in [0.2, 0.25) is 5.88 Å². The van der Waals surface area contributed by atoms with Gasteiger partial charge in [-0.2, -0.15) is 10.4 Å². The van der Waals surface area contributed by atoms with Crippen molar-refractivity contribution in [2.24, 2.45) is 5.92 Å². The van der Waals surface area contributed by atoms with Gasteiger partial charge < -0.3 is 9.64 Å². The number of aromatic nitrogens is 3. The third-order valence-electron chi connectivity index (χ3n) is 4.94. The van der Waals surface area contributed by atoms with Gasteiger partial charge in [-0.05, 0) is 49.8 Å². The molecule has 1 saturated carbocycles. The van der Waals surface area contributed by atoms with Crippen LogP contribution in [0, 0.1) is 17.2 Å². The van der Waals surface area contributed by atoms with E-state index in [4.69, 9.17) is 10.00 Å². The standard InChI is InChI=1S/C19H21N5O/c20-11-15-1-5-18(21-12-15)24-9-7-14(8-10-24)13-25-19-6-4-17(22-23-19)16-2-3-16/h1,4-6,12,14,16H,2-3,7-10,13H2. The van der Waals surface area contributed by atoms with Crippen LogP contribution in [-0.2, 0) is 0 Å². The molecule has 4 rings (SSSR count). The van der Waals surface area contributed by atoms with Crippen LogP contribution in [0.4, 0.5) is 5.82 Å². The largest absolute Gasteiger partial charge is 0.476 e. The molecule has 0 spiro atoms. The molecule has 2 aromatic rings. The van der Waals surface area contributed by atoms with Crippen molar-refractivity contribution >= 4 is 5.82 Å². The van der Waals surface area contributed by atoms with Gasteiger partial charge in [-0.1, -0.05) is 0 Å². The molecule has 25 heavy (non-hydrogen) atoms. The summed E-state index contributed by atoms with van der Waals surface area (Å²) >= 11 is 0. The topological polar surface area (TPSA) is 74.9 Å². The molecule has 0 amide bonds. The Morgan fingerprint density at radius 3 is 2.52 bits per heavy atom. The first-order chi connectivity index (χ1) is 12.3. The minimum atomic E-state index is 0.527. The van der Waals surface area contributed by atoms with E-state index in [1.165, 1.54) is 12.8 Å². The number of nitrogens with zero attached hydrogens (tertiary/aromatic N) is 5. The Morgan fingerprint density at radius 1 is 1.08 bits per heavy atom. The molecule has 0 aromatic carbocycles. The van der Waals surface area contributed by atoms with E-state index in [1.807, 2.05) is 24.3 Å². The Balaban J connectivity index is 1.24. The molecular weight excluding hydrogens is 314 g/mol. The number of pyridine rings is 1. The maximum atomic E-state index is 8.84. The highest BCUT2D eigenvalue weighted by Crippen LogP contribution is 2.38. The molecule has 2 aliphatic rings. The van der Waals surface area contributed by atoms with Gasteiger partial charge in [0.05, 0.1) is 17.9 Å². The molecule has 6 nitrogen and oxygen atoms in total. The summed E-state index contributed by atoms with van der Waals surface area (Å²) in [5.41, 5.74) is 1.69. The van der Waals surface area contributed by atoms with Gasteiger partial charge in [0.15, 0.2) is 0 Å². The fourth-order valence-corrected chi connectivity index (χ4v) is 3.18. The molecule has 0 bridgehead atoms. The van der Waals surface area contributed by atoms with E-state index in [0.717, 1.165) is 37.4 Å². The Kier molecular flexibility index (Phi) is 4.47. The first kappa shape index (κ1) is 15.8. The second-order valence-corrected chi connectivity index (χ2v) is 6.83. The fraction of sp³-hybridized carbons (Fsp3) is 0.474. The van der Waals surface area contributed by atoms with E-state index in [9.17, 15) is 0 Å². The zero-order valence-corrected chi connectivity index (χ0v) is 14.1. The molecule has 2 aromatic heterocycles. The van der Waals surface area contributed by atoms with E-state index in [2.05, 4.69) is 26.2 Å². The normalized spacial score (nSPS) is 18.0. The van der Waals surface area contributed by atoms with Crippen molar-refractivity contribution in [3.8, 4) is 11.9 Å². The first-order valence-corrected chi connectivity index (χ1v) is 8.89. The zero-order chi connectivity index (χ0) is 17.1. The predicted molar refractivity (Wildman–Crippen MR) is 93.4 cm³/mol. The van der Waals surface area contributed by atoms with Gasteiger partial charge in [-0.25, -0.2) is 4.98 Å². The van der Waals surface area contributed by atoms with E-state index < -0.39 is 0 Å². The first-order valence-electron chi connectivity index (χ1n) is 8.89. The highest BCUT2D eigenvalue weighted by molar-refractivity contribution is 5.42. The number of nitriles is 1. The molecule has 3 heterocycles. The molecule has 128 valence electrons. The lowest BCUT2D eigenvalue weighted by Gasteiger charge is -2.32. The molecule has 2 fully saturated rings. The van der Waals surface area contributed by atoms with E-state index in [1.54, 1.807) is 6.20 Å². The van der Waals surface area contributed by atoms with Crippen molar-refractivity contribution in [1.29, 1.82) is 5.26 Å². The minimum absolute atomic E-state index is 0.527. The Morgan fingerprint density at radius 2 is 1.92 bits per heavy atom. The summed E-state index contributed by atoms with van der Waals surface area (Å²) < 4.78 is 5.83. The molecule has 1 aliphatic carbocycles. The van der Waals surface area contributed by atoms with Crippen LogP contribution in [0.15, 0.2) is 30.5 Å². The SMILES string of the molecule is N#Cc1ccc(N2CCC(COc3ccc(C4CC4)nn3)CC2)nc1. The molecule has 0 N–H and O–H groups in total. The highest BCUT2D eigenvalue weighted by Gasteiger charge is 2.25. The summed E-state index contributed by atoms with van der Waals surface area (Å²) in [4.78, 5) is 6.64. The van der Waals surface area contributed by atoms with Crippen molar-refractivity contribution in [3.63, 3.8) is 0 Å². The van der Waals surface area contributed by atoms with Gasteiger partial charge in [0, 0.05) is 31.3 Å². The lowest BCUT2D eigenvalue weighted by Crippen LogP contribution is -2.36. The minimum Gasteiger partial charge on any atom is -0.476 e. The summed E-state index contributed by atoms with van der Waals surface area (Å²) in [7, 11) is 0. The predicted octanol–water partition coefficient (Wildman–Crippen LogP) is 2.92. The Bertz CT molecular complexity index is 741. The van der Waals surface area contributed by atoms with Gasteiger partial charge in [-0.15, -0.1) is 5.10 Å². The maximum Gasteiger partial charge on any atom is 0.233 e. The van der Waals surface area contributed by atoms with E-state index in [-0.39, 0.29) is 0 Å². The maximum absolute atomic E-state index is 8.84. The van der Waals surface area contributed by atoms with Crippen LogP contribution in [-0.4, -0.2) is 34.9 Å². The number of rotatable bonds is 5. The number of piperidine rings is 1. The third kappa shape index (κ3) is 3.87. The lowest BCUT2D eigenvalue weighted by atomic mass is 9.98. The van der Waals surface area contributed by atoms with Crippen LogP contribution < -0.4 is 9.64 Å². The van der Waals surface area contributed by atoms with Gasteiger partial charge in [0.25, 0.3) is 0 Å². The molecular formula is C19H21N5O. The molecule has 0 atom stereocenters. The van der Waals surface area contributed by atoms with Crippen LogP contribution in [0.1, 0.15) is 42.9 Å². The molecule has 0 unspecified atom stereocenters. The van der Waals surface area contributed by atoms with Crippen molar-refractivity contribution in [2.75, 3.05) is 24.6 Å². The van der Waals surface area contributed by atoms with Gasteiger partial charge >= 0.3 is 0 Å². The van der Waals surface area contributed by atoms with Gasteiger partial charge in [0.1, 0.15) is 11.9 Å². The molecule has 0 radical (unpaired) electrons. The lowest BCUT2D eigenvalue weighted by molar-refractivity contribution is 0.214. The monoisotopic (exact) mass is 335 g/mol. The molecule has 1 aliphatic heterocycles. The van der Waals surface area contributed by atoms with Gasteiger partial charge in [-0.3, -0.25) is 0 Å². The number of hydrogen-bond donors (Lipinski definition) is 0. The highest BCUT2D eigenvalue weighted by atomic mass is 16.5. The quantitative estimate of drug-likeness (QED) is 0.836. The van der Waals surface area contributed by atoms with Crippen molar-refractivity contribution in [3.05, 3.63) is 41.7 Å². The number of ether oxygens (including phenoxy) is 1. The van der Waals surface area contributed by atoms with E-state index >= 15 is 0 Å². The summed E-state index contributed by atoms with van der Waals surface area (Å²) in [5, 5.41) is 17.3. The number of hydrogen-bond acceptors (Lipinski definition) is 6. The average Bonchev–Trinajstić information content (AvgIpc) is 3.53. The van der Waals surface area contributed by atoms with Crippen LogP contribution in [0.5, 0.6) is 5.88 Å².